The van der Waals surface area contributed by atoms with Gasteiger partial charge >= 0.3 is 0 Å². The predicted molar refractivity (Wildman–Crippen MR) is 76.1 cm³/mol. The van der Waals surface area contributed by atoms with Crippen LogP contribution < -0.4 is 5.73 Å². The van der Waals surface area contributed by atoms with Crippen LogP contribution >= 0.6 is 0 Å². The maximum absolute atomic E-state index is 6.01. The van der Waals surface area contributed by atoms with Crippen molar-refractivity contribution in [3.63, 3.8) is 0 Å². The van der Waals surface area contributed by atoms with Crippen LogP contribution in [-0.2, 0) is 0 Å². The number of hydrogen-bond donors (Lipinski definition) is 1. The summed E-state index contributed by atoms with van der Waals surface area (Å²) >= 11 is 0. The summed E-state index contributed by atoms with van der Waals surface area (Å²) in [4.78, 5) is 2.66. The molecule has 102 valence electrons. The van der Waals surface area contributed by atoms with E-state index in [9.17, 15) is 0 Å². The first-order valence-electron chi connectivity index (χ1n) is 7.44. The molecule has 17 heavy (non-hydrogen) atoms. The van der Waals surface area contributed by atoms with E-state index in [2.05, 4.69) is 32.6 Å². The van der Waals surface area contributed by atoms with Gasteiger partial charge in [-0.2, -0.15) is 0 Å². The zero-order valence-electron chi connectivity index (χ0n) is 12.3. The summed E-state index contributed by atoms with van der Waals surface area (Å²) in [5.74, 6) is 0.742. The summed E-state index contributed by atoms with van der Waals surface area (Å²) in [5, 5.41) is 0. The van der Waals surface area contributed by atoms with Gasteiger partial charge in [0.15, 0.2) is 0 Å². The van der Waals surface area contributed by atoms with E-state index in [0.29, 0.717) is 11.5 Å². The molecule has 1 fully saturated rings. The molecule has 0 amide bonds. The summed E-state index contributed by atoms with van der Waals surface area (Å²) in [6.07, 6.45) is 6.60. The molecule has 1 rings (SSSR count). The van der Waals surface area contributed by atoms with E-state index in [4.69, 9.17) is 5.73 Å². The molecule has 1 aliphatic heterocycles. The van der Waals surface area contributed by atoms with Gasteiger partial charge in [-0.25, -0.2) is 0 Å². The third-order valence-electron chi connectivity index (χ3n) is 4.49. The van der Waals surface area contributed by atoms with Crippen molar-refractivity contribution in [3.05, 3.63) is 0 Å². The van der Waals surface area contributed by atoms with Crippen molar-refractivity contribution in [2.24, 2.45) is 17.1 Å². The topological polar surface area (TPSA) is 29.3 Å². The quantitative estimate of drug-likeness (QED) is 0.799. The second kappa shape index (κ2) is 6.75. The molecule has 2 unspecified atom stereocenters. The lowest BCUT2D eigenvalue weighted by molar-refractivity contribution is 0.147. The Labute approximate surface area is 108 Å². The Morgan fingerprint density at radius 3 is 2.53 bits per heavy atom. The molecule has 0 aromatic carbocycles. The van der Waals surface area contributed by atoms with Crippen LogP contribution in [-0.4, -0.2) is 30.6 Å². The van der Waals surface area contributed by atoms with E-state index in [1.165, 1.54) is 45.2 Å². The van der Waals surface area contributed by atoms with Gasteiger partial charge in [-0.05, 0) is 50.1 Å². The molecule has 2 nitrogen and oxygen atoms in total. The average molecular weight is 240 g/mol. The van der Waals surface area contributed by atoms with Crippen molar-refractivity contribution in [1.82, 2.24) is 4.90 Å². The zero-order chi connectivity index (χ0) is 12.9. The Hall–Kier alpha value is -0.0800. The van der Waals surface area contributed by atoms with Gasteiger partial charge in [-0.15, -0.1) is 0 Å². The van der Waals surface area contributed by atoms with Crippen molar-refractivity contribution in [2.75, 3.05) is 19.6 Å². The van der Waals surface area contributed by atoms with Crippen LogP contribution in [0.25, 0.3) is 0 Å². The van der Waals surface area contributed by atoms with Gasteiger partial charge in [0.1, 0.15) is 0 Å². The molecule has 2 N–H and O–H groups in total. The Balaban J connectivity index is 2.57. The second-order valence-electron chi connectivity index (χ2n) is 6.62. The highest BCUT2D eigenvalue weighted by Crippen LogP contribution is 2.31. The highest BCUT2D eigenvalue weighted by Gasteiger charge is 2.28. The van der Waals surface area contributed by atoms with Crippen molar-refractivity contribution in [2.45, 2.75) is 65.8 Å². The summed E-state index contributed by atoms with van der Waals surface area (Å²) in [7, 11) is 0. The van der Waals surface area contributed by atoms with E-state index in [-0.39, 0.29) is 0 Å². The molecule has 0 spiro atoms. The number of rotatable bonds is 5. The predicted octanol–water partition coefficient (Wildman–Crippen LogP) is 3.26. The van der Waals surface area contributed by atoms with E-state index in [0.717, 1.165) is 12.5 Å². The SMILES string of the molecule is CCCC(C)C(CN)N1CCCC(C)(C)CC1. The Morgan fingerprint density at radius 1 is 1.24 bits per heavy atom. The van der Waals surface area contributed by atoms with Crippen LogP contribution in [0.2, 0.25) is 0 Å². The van der Waals surface area contributed by atoms with Crippen LogP contribution in [0.15, 0.2) is 0 Å². The Morgan fingerprint density at radius 2 is 1.94 bits per heavy atom. The minimum atomic E-state index is 0.530. The number of nitrogens with two attached hydrogens (primary N) is 1. The van der Waals surface area contributed by atoms with Gasteiger partial charge in [0, 0.05) is 12.6 Å². The number of nitrogens with zero attached hydrogens (tertiary/aromatic N) is 1. The van der Waals surface area contributed by atoms with E-state index in [1.54, 1.807) is 0 Å². The maximum Gasteiger partial charge on any atom is 0.0243 e. The van der Waals surface area contributed by atoms with E-state index in [1.807, 2.05) is 0 Å². The molecule has 0 aromatic heterocycles. The Kier molecular flexibility index (Phi) is 5.94. The van der Waals surface area contributed by atoms with Gasteiger partial charge in [-0.1, -0.05) is 34.1 Å². The lowest BCUT2D eigenvalue weighted by atomic mass is 9.85. The minimum absolute atomic E-state index is 0.530. The number of likely N-dealkylation sites (tertiary alicyclic amines) is 1. The summed E-state index contributed by atoms with van der Waals surface area (Å²) < 4.78 is 0. The molecule has 1 heterocycles. The molecule has 1 saturated heterocycles. The van der Waals surface area contributed by atoms with Crippen molar-refractivity contribution in [3.8, 4) is 0 Å². The van der Waals surface area contributed by atoms with Crippen LogP contribution in [0.5, 0.6) is 0 Å². The van der Waals surface area contributed by atoms with Crippen LogP contribution in [0, 0.1) is 11.3 Å². The first kappa shape index (κ1) is 15.0. The standard InChI is InChI=1S/C15H32N2/c1-5-7-13(2)14(12-16)17-10-6-8-15(3,4)9-11-17/h13-14H,5-12,16H2,1-4H3. The molecule has 2 heteroatoms. The van der Waals surface area contributed by atoms with Crippen LogP contribution in [0.4, 0.5) is 0 Å². The minimum Gasteiger partial charge on any atom is -0.329 e. The zero-order valence-corrected chi connectivity index (χ0v) is 12.3. The van der Waals surface area contributed by atoms with Crippen molar-refractivity contribution in [1.29, 1.82) is 0 Å². The Bertz CT molecular complexity index is 213. The van der Waals surface area contributed by atoms with Gasteiger partial charge in [0.05, 0.1) is 0 Å². The normalized spacial score (nSPS) is 25.2. The summed E-state index contributed by atoms with van der Waals surface area (Å²) in [5.41, 5.74) is 6.54. The molecular formula is C15H32N2. The summed E-state index contributed by atoms with van der Waals surface area (Å²) in [6.45, 7) is 12.8. The van der Waals surface area contributed by atoms with Gasteiger partial charge in [0.2, 0.25) is 0 Å². The molecule has 1 aliphatic rings. The van der Waals surface area contributed by atoms with Gasteiger partial charge < -0.3 is 5.73 Å². The highest BCUT2D eigenvalue weighted by atomic mass is 15.2. The summed E-state index contributed by atoms with van der Waals surface area (Å²) in [6, 6.07) is 0.601. The average Bonchev–Trinajstić information content (AvgIpc) is 2.42. The molecule has 0 aliphatic carbocycles. The highest BCUT2D eigenvalue weighted by molar-refractivity contribution is 4.83. The lowest BCUT2D eigenvalue weighted by Crippen LogP contribution is -2.45. The number of hydrogen-bond acceptors (Lipinski definition) is 2. The lowest BCUT2D eigenvalue weighted by Gasteiger charge is -2.34. The monoisotopic (exact) mass is 240 g/mol. The fourth-order valence-electron chi connectivity index (χ4n) is 3.16. The fraction of sp³-hybridized carbons (Fsp3) is 1.00. The van der Waals surface area contributed by atoms with Crippen molar-refractivity contribution < 1.29 is 0 Å². The molecule has 0 radical (unpaired) electrons. The first-order valence-corrected chi connectivity index (χ1v) is 7.44. The molecule has 0 saturated carbocycles. The second-order valence-corrected chi connectivity index (χ2v) is 6.62. The van der Waals surface area contributed by atoms with Crippen LogP contribution in [0.3, 0.4) is 0 Å². The fourth-order valence-corrected chi connectivity index (χ4v) is 3.16. The molecule has 0 aromatic rings. The molecule has 0 bridgehead atoms. The van der Waals surface area contributed by atoms with Gasteiger partial charge in [-0.3, -0.25) is 4.90 Å². The van der Waals surface area contributed by atoms with E-state index >= 15 is 0 Å². The molecule has 2 atom stereocenters. The van der Waals surface area contributed by atoms with Crippen molar-refractivity contribution >= 4 is 0 Å². The third-order valence-corrected chi connectivity index (χ3v) is 4.49. The maximum atomic E-state index is 6.01. The van der Waals surface area contributed by atoms with Gasteiger partial charge in [0.25, 0.3) is 0 Å². The molecular weight excluding hydrogens is 208 g/mol. The smallest absolute Gasteiger partial charge is 0.0243 e. The first-order chi connectivity index (χ1) is 8.00. The van der Waals surface area contributed by atoms with E-state index < -0.39 is 0 Å². The largest absolute Gasteiger partial charge is 0.329 e. The third kappa shape index (κ3) is 4.59. The van der Waals surface area contributed by atoms with Crippen LogP contribution in [0.1, 0.15) is 59.8 Å².